The van der Waals surface area contributed by atoms with Gasteiger partial charge in [-0.05, 0) is 12.5 Å². The maximum Gasteiger partial charge on any atom is 0.430 e. The third-order valence-electron chi connectivity index (χ3n) is 3.27. The van der Waals surface area contributed by atoms with E-state index in [1.807, 2.05) is 30.3 Å². The molecular formula is C14H19N2O7P. The molecule has 0 aromatic heterocycles. The van der Waals surface area contributed by atoms with Crippen LogP contribution < -0.4 is 5.43 Å². The van der Waals surface area contributed by atoms with Gasteiger partial charge >= 0.3 is 13.6 Å². The zero-order chi connectivity index (χ0) is 17.6. The van der Waals surface area contributed by atoms with E-state index in [0.717, 1.165) is 5.56 Å². The van der Waals surface area contributed by atoms with Crippen LogP contribution in [0.25, 0.3) is 0 Å². The first-order chi connectivity index (χ1) is 11.4. The SMILES string of the molecule is COOP(=O)(OOC)C1=NNC(C)(C(=O)OCc2ccccc2)C1. The molecule has 0 spiro atoms. The first-order valence-electron chi connectivity index (χ1n) is 7.04. The number of hydrogen-bond acceptors (Lipinski definition) is 9. The fourth-order valence-electron chi connectivity index (χ4n) is 2.04. The number of hydrazone groups is 1. The molecule has 1 aliphatic heterocycles. The first-order valence-corrected chi connectivity index (χ1v) is 8.58. The second-order valence-corrected chi connectivity index (χ2v) is 7.00. The minimum absolute atomic E-state index is 0.0367. The van der Waals surface area contributed by atoms with E-state index >= 15 is 0 Å². The Bertz CT molecular complexity index is 642. The standard InChI is InChI=1S/C14H19N2O7P/c1-14(13(17)21-10-11-7-5-4-6-8-11)9-12(15-16-14)24(18,22-19-2)23-20-3/h4-8,16H,9-10H2,1-3H3. The Balaban J connectivity index is 2.00. The molecule has 10 heteroatoms. The molecule has 1 aliphatic rings. The predicted molar refractivity (Wildman–Crippen MR) is 83.6 cm³/mol. The number of nitrogens with zero attached hydrogens (tertiary/aromatic N) is 1. The van der Waals surface area contributed by atoms with Gasteiger partial charge in [0.25, 0.3) is 0 Å². The molecule has 24 heavy (non-hydrogen) atoms. The molecule has 0 bridgehead atoms. The highest BCUT2D eigenvalue weighted by molar-refractivity contribution is 7.72. The van der Waals surface area contributed by atoms with E-state index in [1.165, 1.54) is 14.2 Å². The molecule has 9 nitrogen and oxygen atoms in total. The number of carbonyl (C=O) groups excluding carboxylic acids is 1. The minimum Gasteiger partial charge on any atom is -0.459 e. The van der Waals surface area contributed by atoms with Gasteiger partial charge in [0.15, 0.2) is 11.0 Å². The van der Waals surface area contributed by atoms with Crippen LogP contribution in [-0.4, -0.2) is 31.2 Å². The summed E-state index contributed by atoms with van der Waals surface area (Å²) < 4.78 is 27.1. The number of ether oxygens (including phenoxy) is 1. The molecule has 132 valence electrons. The van der Waals surface area contributed by atoms with E-state index in [-0.39, 0.29) is 18.5 Å². The van der Waals surface area contributed by atoms with Crippen molar-refractivity contribution in [2.24, 2.45) is 5.10 Å². The van der Waals surface area contributed by atoms with Gasteiger partial charge in [-0.2, -0.15) is 5.10 Å². The highest BCUT2D eigenvalue weighted by atomic mass is 31.2. The molecule has 0 radical (unpaired) electrons. The largest absolute Gasteiger partial charge is 0.459 e. The molecule has 1 unspecified atom stereocenters. The van der Waals surface area contributed by atoms with E-state index < -0.39 is 19.1 Å². The zero-order valence-electron chi connectivity index (χ0n) is 13.6. The Morgan fingerprint density at radius 3 is 2.46 bits per heavy atom. The van der Waals surface area contributed by atoms with E-state index in [0.29, 0.717) is 0 Å². The van der Waals surface area contributed by atoms with Crippen molar-refractivity contribution >= 4 is 19.0 Å². The van der Waals surface area contributed by atoms with Crippen LogP contribution in [0.4, 0.5) is 0 Å². The molecule has 1 heterocycles. The van der Waals surface area contributed by atoms with Gasteiger partial charge in [-0.15, -0.1) is 9.35 Å². The number of esters is 1. The first kappa shape index (κ1) is 18.6. The van der Waals surface area contributed by atoms with Crippen molar-refractivity contribution in [1.82, 2.24) is 5.43 Å². The molecule has 0 aliphatic carbocycles. The van der Waals surface area contributed by atoms with Crippen molar-refractivity contribution in [2.45, 2.75) is 25.5 Å². The van der Waals surface area contributed by atoms with Crippen molar-refractivity contribution < 1.29 is 33.2 Å². The lowest BCUT2D eigenvalue weighted by Crippen LogP contribution is -2.45. The van der Waals surface area contributed by atoms with Crippen molar-refractivity contribution in [3.05, 3.63) is 35.9 Å². The summed E-state index contributed by atoms with van der Waals surface area (Å²) in [5.41, 5.74) is 2.23. The van der Waals surface area contributed by atoms with Gasteiger partial charge in [0, 0.05) is 6.42 Å². The summed E-state index contributed by atoms with van der Waals surface area (Å²) in [7, 11) is -1.59. The number of nitrogens with one attached hydrogen (secondary N) is 1. The van der Waals surface area contributed by atoms with E-state index in [4.69, 9.17) is 4.74 Å². The third kappa shape index (κ3) is 4.19. The summed E-state index contributed by atoms with van der Waals surface area (Å²) in [6.45, 7) is 1.69. The topological polar surface area (TPSA) is 105 Å². The predicted octanol–water partition coefficient (Wildman–Crippen LogP) is 2.14. The Morgan fingerprint density at radius 1 is 1.25 bits per heavy atom. The molecule has 1 N–H and O–H groups in total. The van der Waals surface area contributed by atoms with Gasteiger partial charge in [-0.1, -0.05) is 30.3 Å². The summed E-state index contributed by atoms with van der Waals surface area (Å²) in [6.07, 6.45) is -0.0510. The second kappa shape index (κ2) is 7.87. The van der Waals surface area contributed by atoms with Gasteiger partial charge in [0.1, 0.15) is 6.61 Å². The number of hydrogen-bond donors (Lipinski definition) is 1. The molecule has 1 aromatic carbocycles. The quantitative estimate of drug-likeness (QED) is 0.326. The van der Waals surface area contributed by atoms with Crippen molar-refractivity contribution in [3.8, 4) is 0 Å². The lowest BCUT2D eigenvalue weighted by molar-refractivity contribution is -0.238. The highest BCUT2D eigenvalue weighted by Gasteiger charge is 2.48. The molecule has 1 atom stereocenters. The van der Waals surface area contributed by atoms with Crippen LogP contribution >= 0.6 is 7.60 Å². The molecule has 0 amide bonds. The van der Waals surface area contributed by atoms with Crippen LogP contribution in [0.5, 0.6) is 0 Å². The lowest BCUT2D eigenvalue weighted by Gasteiger charge is -2.21. The van der Waals surface area contributed by atoms with E-state index in [9.17, 15) is 9.36 Å². The number of rotatable bonds is 8. The van der Waals surface area contributed by atoms with Gasteiger partial charge < -0.3 is 4.74 Å². The maximum absolute atomic E-state index is 12.5. The van der Waals surface area contributed by atoms with Gasteiger partial charge in [-0.25, -0.2) is 19.1 Å². The summed E-state index contributed by atoms with van der Waals surface area (Å²) in [6, 6.07) is 9.24. The second-order valence-electron chi connectivity index (χ2n) is 5.19. The van der Waals surface area contributed by atoms with Gasteiger partial charge in [-0.3, -0.25) is 5.43 Å². The van der Waals surface area contributed by atoms with Crippen LogP contribution in [0, 0.1) is 0 Å². The van der Waals surface area contributed by atoms with Crippen LogP contribution in [0.3, 0.4) is 0 Å². The average Bonchev–Trinajstić information content (AvgIpc) is 2.98. The Labute approximate surface area is 139 Å². The number of benzene rings is 1. The van der Waals surface area contributed by atoms with Crippen molar-refractivity contribution in [1.29, 1.82) is 0 Å². The minimum atomic E-state index is -3.93. The smallest absolute Gasteiger partial charge is 0.430 e. The summed E-state index contributed by atoms with van der Waals surface area (Å²) in [4.78, 5) is 21.2. The van der Waals surface area contributed by atoms with Crippen LogP contribution in [0.1, 0.15) is 18.9 Å². The fourth-order valence-corrected chi connectivity index (χ4v) is 3.31. The normalized spacial score (nSPS) is 20.4. The summed E-state index contributed by atoms with van der Waals surface area (Å²) >= 11 is 0. The van der Waals surface area contributed by atoms with Crippen LogP contribution in [-0.2, 0) is 39.8 Å². The van der Waals surface area contributed by atoms with Crippen LogP contribution in [0.2, 0.25) is 0 Å². The van der Waals surface area contributed by atoms with Crippen LogP contribution in [0.15, 0.2) is 35.4 Å². The Morgan fingerprint density at radius 2 is 1.88 bits per heavy atom. The molecule has 1 aromatic rings. The van der Waals surface area contributed by atoms with Crippen molar-refractivity contribution in [3.63, 3.8) is 0 Å². The monoisotopic (exact) mass is 358 g/mol. The summed E-state index contributed by atoms with van der Waals surface area (Å²) in [5.74, 6) is -0.550. The molecule has 2 rings (SSSR count). The van der Waals surface area contributed by atoms with E-state index in [2.05, 4.69) is 29.7 Å². The highest BCUT2D eigenvalue weighted by Crippen LogP contribution is 2.53. The number of carbonyl (C=O) groups is 1. The fraction of sp³-hybridized carbons (Fsp3) is 0.429. The molecule has 0 saturated heterocycles. The van der Waals surface area contributed by atoms with E-state index in [1.54, 1.807) is 6.92 Å². The Hall–Kier alpha value is -1.77. The molecular weight excluding hydrogens is 339 g/mol. The van der Waals surface area contributed by atoms with Gasteiger partial charge in [0.05, 0.1) is 14.2 Å². The van der Waals surface area contributed by atoms with Gasteiger partial charge in [0.2, 0.25) is 0 Å². The Kier molecular flexibility index (Phi) is 6.09. The maximum atomic E-state index is 12.5. The average molecular weight is 358 g/mol. The summed E-state index contributed by atoms with van der Waals surface area (Å²) in [5, 5.41) is 3.87. The molecule has 0 fully saturated rings. The van der Waals surface area contributed by atoms with Crippen molar-refractivity contribution in [2.75, 3.05) is 14.2 Å². The third-order valence-corrected chi connectivity index (χ3v) is 4.85. The molecule has 0 saturated carbocycles. The lowest BCUT2D eigenvalue weighted by atomic mass is 10.0. The zero-order valence-corrected chi connectivity index (χ0v) is 14.4.